The minimum atomic E-state index is 0.411. The first kappa shape index (κ1) is 17.9. The van der Waals surface area contributed by atoms with E-state index >= 15 is 0 Å². The molecule has 2 atom stereocenters. The van der Waals surface area contributed by atoms with Crippen molar-refractivity contribution in [3.8, 4) is 18.6 Å². The lowest BCUT2D eigenvalue weighted by Gasteiger charge is -2.38. The van der Waals surface area contributed by atoms with E-state index in [0.29, 0.717) is 12.0 Å². The van der Waals surface area contributed by atoms with Crippen molar-refractivity contribution >= 4 is 11.6 Å². The summed E-state index contributed by atoms with van der Waals surface area (Å²) in [5, 5.41) is 0.719. The zero-order chi connectivity index (χ0) is 18.0. The molecule has 3 heteroatoms. The van der Waals surface area contributed by atoms with E-state index in [1.54, 1.807) is 7.11 Å². The molecule has 0 bridgehead atoms. The number of benzene rings is 2. The van der Waals surface area contributed by atoms with E-state index in [1.165, 1.54) is 35.1 Å². The third kappa shape index (κ3) is 3.15. The number of nitrogens with zero attached hydrogens (tertiary/aromatic N) is 1. The zero-order valence-corrected chi connectivity index (χ0v) is 15.6. The molecule has 2 aromatic rings. The van der Waals surface area contributed by atoms with Gasteiger partial charge in [0, 0.05) is 18.5 Å². The number of rotatable bonds is 1. The van der Waals surface area contributed by atoms with E-state index in [0.717, 1.165) is 23.7 Å². The van der Waals surface area contributed by atoms with Gasteiger partial charge in [0.2, 0.25) is 0 Å². The Kier molecular flexibility index (Phi) is 5.37. The van der Waals surface area contributed by atoms with Crippen LogP contribution >= 0.6 is 11.6 Å². The number of hydrogen-bond acceptors (Lipinski definition) is 2. The smallest absolute Gasteiger partial charge is 0.137 e. The van der Waals surface area contributed by atoms with Crippen molar-refractivity contribution in [1.29, 1.82) is 0 Å². The summed E-state index contributed by atoms with van der Waals surface area (Å²) in [7, 11) is 3.96. The molecule has 2 nitrogen and oxygen atoms in total. The van der Waals surface area contributed by atoms with Gasteiger partial charge in [-0.05, 0) is 60.7 Å². The molecule has 2 aromatic carbocycles. The van der Waals surface area contributed by atoms with Crippen molar-refractivity contribution < 1.29 is 4.74 Å². The van der Waals surface area contributed by atoms with Crippen LogP contribution in [0.3, 0.4) is 0 Å². The molecule has 0 saturated heterocycles. The molecule has 0 aromatic heterocycles. The van der Waals surface area contributed by atoms with Crippen LogP contribution in [0.4, 0.5) is 0 Å². The SMILES string of the molecule is C#C.COc1cc2c(cc1Cl)CCN(C)[C@H]1CCc3ccccc3[C@H]21. The summed E-state index contributed by atoms with van der Waals surface area (Å²) >= 11 is 6.39. The van der Waals surface area contributed by atoms with Gasteiger partial charge in [0.1, 0.15) is 5.75 Å². The van der Waals surface area contributed by atoms with Gasteiger partial charge in [0.05, 0.1) is 12.1 Å². The van der Waals surface area contributed by atoms with Gasteiger partial charge in [0.25, 0.3) is 0 Å². The normalized spacial score (nSPS) is 21.6. The molecule has 0 radical (unpaired) electrons. The van der Waals surface area contributed by atoms with Crippen LogP contribution in [0.5, 0.6) is 5.75 Å². The number of methoxy groups -OCH3 is 1. The summed E-state index contributed by atoms with van der Waals surface area (Å²) < 4.78 is 5.50. The Morgan fingerprint density at radius 2 is 1.84 bits per heavy atom. The minimum Gasteiger partial charge on any atom is -0.495 e. The number of hydrogen-bond donors (Lipinski definition) is 0. The van der Waals surface area contributed by atoms with E-state index in [9.17, 15) is 0 Å². The molecular formula is C22H24ClNO. The third-order valence-electron chi connectivity index (χ3n) is 5.53. The van der Waals surface area contributed by atoms with Crippen molar-refractivity contribution in [3.05, 3.63) is 63.7 Å². The maximum absolute atomic E-state index is 6.39. The molecule has 0 N–H and O–H groups in total. The van der Waals surface area contributed by atoms with Crippen LogP contribution < -0.4 is 4.74 Å². The molecule has 0 spiro atoms. The lowest BCUT2D eigenvalue weighted by atomic mass is 9.74. The monoisotopic (exact) mass is 353 g/mol. The molecule has 0 fully saturated rings. The Labute approximate surface area is 155 Å². The summed E-state index contributed by atoms with van der Waals surface area (Å²) in [6.45, 7) is 1.08. The summed E-state index contributed by atoms with van der Waals surface area (Å²) in [5.41, 5.74) is 5.73. The van der Waals surface area contributed by atoms with Crippen LogP contribution in [0.2, 0.25) is 5.02 Å². The first-order valence-corrected chi connectivity index (χ1v) is 9.04. The van der Waals surface area contributed by atoms with Gasteiger partial charge in [-0.15, -0.1) is 12.8 Å². The van der Waals surface area contributed by atoms with Gasteiger partial charge in [-0.3, -0.25) is 0 Å². The Morgan fingerprint density at radius 3 is 2.60 bits per heavy atom. The maximum atomic E-state index is 6.39. The highest BCUT2D eigenvalue weighted by molar-refractivity contribution is 6.32. The van der Waals surface area contributed by atoms with Crippen LogP contribution in [-0.2, 0) is 12.8 Å². The number of fused-ring (bicyclic) bond motifs is 5. The zero-order valence-electron chi connectivity index (χ0n) is 14.8. The molecule has 0 amide bonds. The highest BCUT2D eigenvalue weighted by Gasteiger charge is 2.36. The molecule has 25 heavy (non-hydrogen) atoms. The molecule has 1 heterocycles. The second kappa shape index (κ2) is 7.52. The summed E-state index contributed by atoms with van der Waals surface area (Å²) in [6.07, 6.45) is 11.4. The number of terminal acetylenes is 1. The minimum absolute atomic E-state index is 0.411. The van der Waals surface area contributed by atoms with E-state index in [-0.39, 0.29) is 0 Å². The number of halogens is 1. The lowest BCUT2D eigenvalue weighted by Crippen LogP contribution is -2.39. The molecule has 130 valence electrons. The first-order chi connectivity index (χ1) is 12.2. The summed E-state index contributed by atoms with van der Waals surface area (Å²) in [6, 6.07) is 13.7. The van der Waals surface area contributed by atoms with E-state index in [2.05, 4.69) is 61.2 Å². The Morgan fingerprint density at radius 1 is 1.08 bits per heavy atom. The van der Waals surface area contributed by atoms with Crippen molar-refractivity contribution in [3.63, 3.8) is 0 Å². The van der Waals surface area contributed by atoms with Gasteiger partial charge in [0.15, 0.2) is 0 Å². The molecule has 0 saturated carbocycles. The highest BCUT2D eigenvalue weighted by atomic mass is 35.5. The predicted octanol–water partition coefficient (Wildman–Crippen LogP) is 4.53. The van der Waals surface area contributed by atoms with Crippen LogP contribution in [0.15, 0.2) is 36.4 Å². The Bertz CT molecular complexity index is 783. The standard InChI is InChI=1S/C20H22ClNO.C2H2/c1-22-10-9-14-11-17(21)19(23-2)12-16(14)20-15-6-4-3-5-13(15)7-8-18(20)22;1-2/h3-6,11-12,18,20H,7-10H2,1-2H3;1-2H/t18-,20+;/m0./s1. The van der Waals surface area contributed by atoms with Crippen molar-refractivity contribution in [1.82, 2.24) is 4.90 Å². The van der Waals surface area contributed by atoms with Gasteiger partial charge in [-0.1, -0.05) is 35.9 Å². The fourth-order valence-electron chi connectivity index (χ4n) is 4.33. The summed E-state index contributed by atoms with van der Waals surface area (Å²) in [4.78, 5) is 2.53. The van der Waals surface area contributed by atoms with Crippen LogP contribution in [-0.4, -0.2) is 31.6 Å². The Hall–Kier alpha value is -1.95. The van der Waals surface area contributed by atoms with Gasteiger partial charge in [-0.2, -0.15) is 0 Å². The molecule has 2 aliphatic rings. The molecule has 1 aliphatic carbocycles. The average molecular weight is 354 g/mol. The second-order valence-electron chi connectivity index (χ2n) is 6.70. The second-order valence-corrected chi connectivity index (χ2v) is 7.11. The molecular weight excluding hydrogens is 330 g/mol. The molecule has 4 rings (SSSR count). The lowest BCUT2D eigenvalue weighted by molar-refractivity contribution is 0.214. The van der Waals surface area contributed by atoms with Gasteiger partial charge < -0.3 is 9.64 Å². The van der Waals surface area contributed by atoms with Crippen molar-refractivity contribution in [2.45, 2.75) is 31.2 Å². The fraction of sp³-hybridized carbons (Fsp3) is 0.364. The average Bonchev–Trinajstić information content (AvgIpc) is 2.80. The van der Waals surface area contributed by atoms with Gasteiger partial charge in [-0.25, -0.2) is 0 Å². The third-order valence-corrected chi connectivity index (χ3v) is 5.83. The van der Waals surface area contributed by atoms with E-state index in [4.69, 9.17) is 16.3 Å². The van der Waals surface area contributed by atoms with Crippen LogP contribution in [0.1, 0.15) is 34.6 Å². The van der Waals surface area contributed by atoms with Crippen molar-refractivity contribution in [2.24, 2.45) is 0 Å². The molecule has 0 unspecified atom stereocenters. The van der Waals surface area contributed by atoms with Gasteiger partial charge >= 0.3 is 0 Å². The fourth-order valence-corrected chi connectivity index (χ4v) is 4.59. The predicted molar refractivity (Wildman–Crippen MR) is 105 cm³/mol. The number of ether oxygens (including phenoxy) is 1. The summed E-state index contributed by atoms with van der Waals surface area (Å²) in [5.74, 6) is 1.20. The molecule has 1 aliphatic heterocycles. The van der Waals surface area contributed by atoms with E-state index < -0.39 is 0 Å². The van der Waals surface area contributed by atoms with Crippen LogP contribution in [0, 0.1) is 12.8 Å². The maximum Gasteiger partial charge on any atom is 0.137 e. The highest BCUT2D eigenvalue weighted by Crippen LogP contribution is 2.44. The van der Waals surface area contributed by atoms with E-state index in [1.807, 2.05) is 0 Å². The largest absolute Gasteiger partial charge is 0.495 e. The first-order valence-electron chi connectivity index (χ1n) is 8.66. The topological polar surface area (TPSA) is 12.5 Å². The van der Waals surface area contributed by atoms with Crippen LogP contribution in [0.25, 0.3) is 0 Å². The number of likely N-dealkylation sites (N-methyl/N-ethyl adjacent to an activating group) is 1. The number of aryl methyl sites for hydroxylation is 1. The quantitative estimate of drug-likeness (QED) is 0.698. The van der Waals surface area contributed by atoms with Crippen molar-refractivity contribution in [2.75, 3.05) is 20.7 Å². The Balaban J connectivity index is 0.000000880.